The molecule has 132 valence electrons. The van der Waals surface area contributed by atoms with E-state index in [9.17, 15) is 8.42 Å². The van der Waals surface area contributed by atoms with E-state index in [1.54, 1.807) is 30.3 Å². The number of rotatable bonds is 8. The molecule has 0 unspecified atom stereocenters. The van der Waals surface area contributed by atoms with Crippen LogP contribution in [0.25, 0.3) is 0 Å². The predicted molar refractivity (Wildman–Crippen MR) is 107 cm³/mol. The van der Waals surface area contributed by atoms with E-state index in [4.69, 9.17) is 11.6 Å². The second-order valence-electron chi connectivity index (χ2n) is 5.44. The summed E-state index contributed by atoms with van der Waals surface area (Å²) < 4.78 is 27.4. The van der Waals surface area contributed by atoms with E-state index < -0.39 is 9.84 Å². The number of halogens is 1. The summed E-state index contributed by atoms with van der Waals surface area (Å²) in [5.74, 6) is 0. The average molecular weight is 440 g/mol. The Balaban J connectivity index is 2.24. The van der Waals surface area contributed by atoms with E-state index >= 15 is 0 Å². The molecule has 0 aromatic heterocycles. The SMILES string of the molecule is CCCC/C(=C\C=C(/Cl)S(=O)(=O)c1ccccc1)[Se]c1ccccc1. The molecule has 5 heteroatoms. The Bertz CT molecular complexity index is 829. The van der Waals surface area contributed by atoms with Gasteiger partial charge in [0.15, 0.2) is 0 Å². The molecule has 0 saturated carbocycles. The molecule has 0 aliphatic heterocycles. The van der Waals surface area contributed by atoms with Crippen molar-refractivity contribution in [2.45, 2.75) is 31.1 Å². The second kappa shape index (κ2) is 9.98. The fourth-order valence-corrected chi connectivity index (χ4v) is 5.49. The number of unbranched alkanes of at least 4 members (excludes halogenated alkanes) is 1. The van der Waals surface area contributed by atoms with Crippen LogP contribution >= 0.6 is 11.6 Å². The first kappa shape index (κ1) is 20.0. The fraction of sp³-hybridized carbons (Fsp3) is 0.200. The zero-order chi connectivity index (χ0) is 18.1. The van der Waals surface area contributed by atoms with E-state index in [1.807, 2.05) is 24.3 Å². The Morgan fingerprint density at radius 3 is 2.20 bits per heavy atom. The molecule has 0 saturated heterocycles. The van der Waals surface area contributed by atoms with Crippen molar-refractivity contribution in [3.63, 3.8) is 0 Å². The van der Waals surface area contributed by atoms with Crippen LogP contribution < -0.4 is 4.46 Å². The van der Waals surface area contributed by atoms with Gasteiger partial charge in [-0.1, -0.05) is 0 Å². The third kappa shape index (κ3) is 6.16. The monoisotopic (exact) mass is 440 g/mol. The van der Waals surface area contributed by atoms with Crippen LogP contribution in [0, 0.1) is 0 Å². The molecule has 2 aromatic carbocycles. The molecule has 0 heterocycles. The molecule has 0 radical (unpaired) electrons. The van der Waals surface area contributed by atoms with Crippen molar-refractivity contribution in [3.8, 4) is 0 Å². The van der Waals surface area contributed by atoms with E-state index in [2.05, 4.69) is 19.1 Å². The third-order valence-electron chi connectivity index (χ3n) is 3.48. The van der Waals surface area contributed by atoms with Gasteiger partial charge in [-0.3, -0.25) is 0 Å². The summed E-state index contributed by atoms with van der Waals surface area (Å²) >= 11 is 6.29. The zero-order valence-electron chi connectivity index (χ0n) is 14.1. The standard InChI is InChI=1S/C20H21ClO2SSe/c1-2-3-12-19(25-18-13-8-5-9-14-18)15-16-20(21)24(22,23)17-10-6-4-7-11-17/h4-11,13-16H,2-3,12H2,1H3/b19-15+,20-16+. The van der Waals surface area contributed by atoms with Gasteiger partial charge in [0.1, 0.15) is 0 Å². The number of benzene rings is 2. The van der Waals surface area contributed by atoms with Gasteiger partial charge in [-0.15, -0.1) is 0 Å². The Kier molecular flexibility index (Phi) is 7.98. The second-order valence-corrected chi connectivity index (χ2v) is 10.5. The molecule has 2 nitrogen and oxygen atoms in total. The van der Waals surface area contributed by atoms with Crippen molar-refractivity contribution >= 4 is 40.9 Å². The summed E-state index contributed by atoms with van der Waals surface area (Å²) in [4.78, 5) is 0.216. The molecule has 0 N–H and O–H groups in total. The maximum atomic E-state index is 12.5. The zero-order valence-corrected chi connectivity index (χ0v) is 17.3. The van der Waals surface area contributed by atoms with E-state index in [1.165, 1.54) is 15.0 Å². The Hall–Kier alpha value is -1.32. The van der Waals surface area contributed by atoms with Gasteiger partial charge in [-0.25, -0.2) is 0 Å². The molecule has 25 heavy (non-hydrogen) atoms. The quantitative estimate of drug-likeness (QED) is 0.443. The summed E-state index contributed by atoms with van der Waals surface area (Å²) in [6, 6.07) is 18.5. The molecule has 0 amide bonds. The van der Waals surface area contributed by atoms with Crippen molar-refractivity contribution in [3.05, 3.63) is 81.7 Å². The molecule has 0 atom stereocenters. The molecule has 2 aromatic rings. The van der Waals surface area contributed by atoms with Gasteiger partial charge in [0.05, 0.1) is 0 Å². The normalized spacial score (nSPS) is 13.0. The van der Waals surface area contributed by atoms with Gasteiger partial charge in [-0.2, -0.15) is 0 Å². The molecule has 0 bridgehead atoms. The van der Waals surface area contributed by atoms with Gasteiger partial charge in [0.2, 0.25) is 0 Å². The van der Waals surface area contributed by atoms with Gasteiger partial charge in [0.25, 0.3) is 0 Å². The van der Waals surface area contributed by atoms with Crippen molar-refractivity contribution in [2.75, 3.05) is 0 Å². The number of allylic oxidation sites excluding steroid dienone is 3. The van der Waals surface area contributed by atoms with Crippen molar-refractivity contribution in [1.29, 1.82) is 0 Å². The summed E-state index contributed by atoms with van der Waals surface area (Å²) in [7, 11) is -3.64. The van der Waals surface area contributed by atoms with Crippen LogP contribution in [0.4, 0.5) is 0 Å². The van der Waals surface area contributed by atoms with Crippen LogP contribution in [0.15, 0.2) is 86.5 Å². The fourth-order valence-electron chi connectivity index (χ4n) is 2.12. The van der Waals surface area contributed by atoms with Crippen molar-refractivity contribution in [1.82, 2.24) is 0 Å². The third-order valence-corrected chi connectivity index (χ3v) is 8.09. The molecular weight excluding hydrogens is 419 g/mol. The van der Waals surface area contributed by atoms with Crippen LogP contribution in [-0.2, 0) is 9.84 Å². The Morgan fingerprint density at radius 1 is 1.00 bits per heavy atom. The first-order chi connectivity index (χ1) is 12.0. The van der Waals surface area contributed by atoms with Crippen LogP contribution in [-0.4, -0.2) is 23.4 Å². The van der Waals surface area contributed by atoms with Gasteiger partial charge in [-0.05, 0) is 0 Å². The van der Waals surface area contributed by atoms with Crippen LogP contribution in [0.1, 0.15) is 26.2 Å². The minimum absolute atomic E-state index is 0.142. The van der Waals surface area contributed by atoms with Crippen LogP contribution in [0.5, 0.6) is 0 Å². The maximum absolute atomic E-state index is 12.5. The summed E-state index contributed by atoms with van der Waals surface area (Å²) in [5, 5.41) is 0. The molecule has 0 fully saturated rings. The Morgan fingerprint density at radius 2 is 1.60 bits per heavy atom. The van der Waals surface area contributed by atoms with E-state index in [-0.39, 0.29) is 24.2 Å². The first-order valence-electron chi connectivity index (χ1n) is 8.13. The van der Waals surface area contributed by atoms with Gasteiger partial charge >= 0.3 is 162 Å². The summed E-state index contributed by atoms with van der Waals surface area (Å²) in [6.45, 7) is 2.15. The van der Waals surface area contributed by atoms with E-state index in [0.29, 0.717) is 0 Å². The average Bonchev–Trinajstić information content (AvgIpc) is 2.65. The summed E-state index contributed by atoms with van der Waals surface area (Å²) in [6.07, 6.45) is 6.54. The predicted octanol–water partition coefficient (Wildman–Crippen LogP) is 4.64. The van der Waals surface area contributed by atoms with Crippen molar-refractivity contribution in [2.24, 2.45) is 0 Å². The molecule has 0 aliphatic carbocycles. The molecule has 0 aliphatic rings. The van der Waals surface area contributed by atoms with E-state index in [0.717, 1.165) is 19.3 Å². The number of hydrogen-bond donors (Lipinski definition) is 0. The van der Waals surface area contributed by atoms with Crippen LogP contribution in [0.3, 0.4) is 0 Å². The molecule has 0 spiro atoms. The summed E-state index contributed by atoms with van der Waals surface area (Å²) in [5.41, 5.74) is 0. The molecule has 2 rings (SSSR count). The van der Waals surface area contributed by atoms with Gasteiger partial charge < -0.3 is 0 Å². The van der Waals surface area contributed by atoms with Crippen LogP contribution in [0.2, 0.25) is 0 Å². The topological polar surface area (TPSA) is 34.1 Å². The van der Waals surface area contributed by atoms with Gasteiger partial charge in [0, 0.05) is 0 Å². The number of sulfone groups is 1. The number of hydrogen-bond acceptors (Lipinski definition) is 2. The Labute approximate surface area is 161 Å². The van der Waals surface area contributed by atoms with Crippen molar-refractivity contribution < 1.29 is 8.42 Å². The molecular formula is C20H21ClO2SSe. The first-order valence-corrected chi connectivity index (χ1v) is 11.7. The minimum atomic E-state index is -3.64.